The van der Waals surface area contributed by atoms with Crippen molar-refractivity contribution < 1.29 is 4.74 Å². The highest BCUT2D eigenvalue weighted by atomic mass is 16.5. The van der Waals surface area contributed by atoms with Gasteiger partial charge in [0.2, 0.25) is 0 Å². The van der Waals surface area contributed by atoms with Gasteiger partial charge in [0.1, 0.15) is 5.75 Å². The molecular weight excluding hydrogens is 238 g/mol. The summed E-state index contributed by atoms with van der Waals surface area (Å²) in [5.74, 6) is 0.905. The Labute approximate surface area is 113 Å². The van der Waals surface area contributed by atoms with Crippen LogP contribution in [0.25, 0.3) is 0 Å². The Morgan fingerprint density at radius 1 is 1.26 bits per heavy atom. The van der Waals surface area contributed by atoms with Gasteiger partial charge in [0.15, 0.2) is 0 Å². The molecule has 0 saturated heterocycles. The van der Waals surface area contributed by atoms with Gasteiger partial charge in [0.05, 0.1) is 12.8 Å². The van der Waals surface area contributed by atoms with E-state index in [4.69, 9.17) is 10.5 Å². The maximum atomic E-state index is 5.62. The number of pyridine rings is 1. The number of rotatable bonds is 5. The first-order chi connectivity index (χ1) is 9.24. The first-order valence-corrected chi connectivity index (χ1v) is 6.22. The molecule has 2 N–H and O–H groups in total. The van der Waals surface area contributed by atoms with E-state index in [9.17, 15) is 0 Å². The number of aromatic nitrogens is 1. The molecule has 0 saturated carbocycles. The van der Waals surface area contributed by atoms with Crippen LogP contribution in [0.1, 0.15) is 11.3 Å². The molecule has 0 bridgehead atoms. The number of nitrogens with zero attached hydrogens (tertiary/aromatic N) is 2. The van der Waals surface area contributed by atoms with Crippen molar-refractivity contribution in [2.75, 3.05) is 19.1 Å². The van der Waals surface area contributed by atoms with Gasteiger partial charge >= 0.3 is 0 Å². The van der Waals surface area contributed by atoms with Gasteiger partial charge in [-0.15, -0.1) is 0 Å². The van der Waals surface area contributed by atoms with Crippen molar-refractivity contribution in [3.05, 3.63) is 53.9 Å². The molecular formula is C15H19N3O. The molecule has 19 heavy (non-hydrogen) atoms. The average Bonchev–Trinajstić information content (AvgIpc) is 2.47. The second-order valence-electron chi connectivity index (χ2n) is 4.38. The Bertz CT molecular complexity index is 542. The van der Waals surface area contributed by atoms with E-state index in [2.05, 4.69) is 16.0 Å². The molecule has 100 valence electrons. The normalized spacial score (nSPS) is 10.3. The molecule has 4 heteroatoms. The lowest BCUT2D eigenvalue weighted by Gasteiger charge is -2.21. The summed E-state index contributed by atoms with van der Waals surface area (Å²) in [5.41, 5.74) is 8.76. The summed E-state index contributed by atoms with van der Waals surface area (Å²) in [6.45, 7) is 1.23. The number of methoxy groups -OCH3 is 1. The maximum absolute atomic E-state index is 5.62. The standard InChI is InChI=1S/C15H19N3O/c1-18(14-7-8-17-13(9-14)10-16)11-12-5-3-4-6-15(12)19-2/h3-9H,10-11,16H2,1-2H3. The van der Waals surface area contributed by atoms with Crippen molar-refractivity contribution >= 4 is 5.69 Å². The quantitative estimate of drug-likeness (QED) is 0.892. The van der Waals surface area contributed by atoms with Crippen LogP contribution < -0.4 is 15.4 Å². The van der Waals surface area contributed by atoms with E-state index in [0.717, 1.165) is 29.2 Å². The summed E-state index contributed by atoms with van der Waals surface area (Å²) < 4.78 is 5.37. The van der Waals surface area contributed by atoms with Gasteiger partial charge in [-0.1, -0.05) is 18.2 Å². The lowest BCUT2D eigenvalue weighted by molar-refractivity contribution is 0.409. The molecule has 2 aromatic rings. The SMILES string of the molecule is COc1ccccc1CN(C)c1ccnc(CN)c1. The van der Waals surface area contributed by atoms with Crippen molar-refractivity contribution in [3.8, 4) is 5.75 Å². The van der Waals surface area contributed by atoms with Crippen LogP contribution in [0.15, 0.2) is 42.6 Å². The van der Waals surface area contributed by atoms with E-state index in [1.54, 1.807) is 13.3 Å². The number of benzene rings is 1. The van der Waals surface area contributed by atoms with Crippen LogP contribution in [0.3, 0.4) is 0 Å². The predicted molar refractivity (Wildman–Crippen MR) is 77.2 cm³/mol. The first kappa shape index (κ1) is 13.4. The van der Waals surface area contributed by atoms with Gasteiger partial charge in [-0.05, 0) is 18.2 Å². The van der Waals surface area contributed by atoms with E-state index in [1.165, 1.54) is 0 Å². The number of anilines is 1. The molecule has 4 nitrogen and oxygen atoms in total. The average molecular weight is 257 g/mol. The molecule has 1 aromatic carbocycles. The van der Waals surface area contributed by atoms with Gasteiger partial charge in [0.25, 0.3) is 0 Å². The minimum absolute atomic E-state index is 0.455. The second kappa shape index (κ2) is 6.20. The van der Waals surface area contributed by atoms with Crippen LogP contribution in [0.4, 0.5) is 5.69 Å². The molecule has 0 fully saturated rings. The molecule has 2 rings (SSSR count). The first-order valence-electron chi connectivity index (χ1n) is 6.22. The third-order valence-electron chi connectivity index (χ3n) is 3.05. The van der Waals surface area contributed by atoms with Crippen molar-refractivity contribution in [2.45, 2.75) is 13.1 Å². The molecule has 0 atom stereocenters. The number of nitrogens with two attached hydrogens (primary N) is 1. The fourth-order valence-electron chi connectivity index (χ4n) is 1.99. The summed E-state index contributed by atoms with van der Waals surface area (Å²) in [6, 6.07) is 12.0. The number of hydrogen-bond donors (Lipinski definition) is 1. The molecule has 0 aliphatic carbocycles. The summed E-state index contributed by atoms with van der Waals surface area (Å²) in [5, 5.41) is 0. The van der Waals surface area contributed by atoms with Gasteiger partial charge < -0.3 is 15.4 Å². The van der Waals surface area contributed by atoms with Gasteiger partial charge in [-0.25, -0.2) is 0 Å². The van der Waals surface area contributed by atoms with E-state index < -0.39 is 0 Å². The summed E-state index contributed by atoms with van der Waals surface area (Å²) in [6.07, 6.45) is 1.79. The van der Waals surface area contributed by atoms with Gasteiger partial charge in [-0.3, -0.25) is 4.98 Å². The van der Waals surface area contributed by atoms with E-state index >= 15 is 0 Å². The van der Waals surface area contributed by atoms with Crippen LogP contribution in [-0.4, -0.2) is 19.1 Å². The highest BCUT2D eigenvalue weighted by Crippen LogP contribution is 2.22. The zero-order chi connectivity index (χ0) is 13.7. The highest BCUT2D eigenvalue weighted by Gasteiger charge is 2.07. The Balaban J connectivity index is 2.18. The smallest absolute Gasteiger partial charge is 0.123 e. The predicted octanol–water partition coefficient (Wildman–Crippen LogP) is 2.19. The molecule has 0 amide bonds. The largest absolute Gasteiger partial charge is 0.496 e. The highest BCUT2D eigenvalue weighted by molar-refractivity contribution is 5.47. The Morgan fingerprint density at radius 2 is 2.05 bits per heavy atom. The number of ether oxygens (including phenoxy) is 1. The fraction of sp³-hybridized carbons (Fsp3) is 0.267. The number of para-hydroxylation sites is 1. The van der Waals surface area contributed by atoms with Gasteiger partial charge in [0, 0.05) is 37.6 Å². The van der Waals surface area contributed by atoms with E-state index in [-0.39, 0.29) is 0 Å². The molecule has 1 heterocycles. The molecule has 0 unspecified atom stereocenters. The fourth-order valence-corrected chi connectivity index (χ4v) is 1.99. The minimum Gasteiger partial charge on any atom is -0.496 e. The third-order valence-corrected chi connectivity index (χ3v) is 3.05. The summed E-state index contributed by atoms with van der Waals surface area (Å²) in [7, 11) is 3.74. The molecule has 0 aliphatic heterocycles. The Hall–Kier alpha value is -2.07. The van der Waals surface area contributed by atoms with Crippen LogP contribution in [0, 0.1) is 0 Å². The van der Waals surface area contributed by atoms with Crippen molar-refractivity contribution in [2.24, 2.45) is 5.73 Å². The lowest BCUT2D eigenvalue weighted by Crippen LogP contribution is -2.17. The lowest BCUT2D eigenvalue weighted by atomic mass is 10.2. The molecule has 0 radical (unpaired) electrons. The third kappa shape index (κ3) is 3.23. The summed E-state index contributed by atoms with van der Waals surface area (Å²) >= 11 is 0. The molecule has 1 aromatic heterocycles. The van der Waals surface area contributed by atoms with Crippen LogP contribution in [0.2, 0.25) is 0 Å². The molecule has 0 aliphatic rings. The Kier molecular flexibility index (Phi) is 4.36. The van der Waals surface area contributed by atoms with E-state index in [1.807, 2.05) is 37.4 Å². The zero-order valence-electron chi connectivity index (χ0n) is 11.3. The maximum Gasteiger partial charge on any atom is 0.123 e. The van der Waals surface area contributed by atoms with Crippen molar-refractivity contribution in [3.63, 3.8) is 0 Å². The monoisotopic (exact) mass is 257 g/mol. The van der Waals surface area contributed by atoms with Crippen molar-refractivity contribution in [1.29, 1.82) is 0 Å². The second-order valence-corrected chi connectivity index (χ2v) is 4.38. The van der Waals surface area contributed by atoms with Gasteiger partial charge in [-0.2, -0.15) is 0 Å². The van der Waals surface area contributed by atoms with Crippen LogP contribution in [-0.2, 0) is 13.1 Å². The van der Waals surface area contributed by atoms with E-state index in [0.29, 0.717) is 6.54 Å². The zero-order valence-corrected chi connectivity index (χ0v) is 11.3. The van der Waals surface area contributed by atoms with Crippen LogP contribution in [0.5, 0.6) is 5.75 Å². The molecule has 0 spiro atoms. The minimum atomic E-state index is 0.455. The van der Waals surface area contributed by atoms with Crippen molar-refractivity contribution in [1.82, 2.24) is 4.98 Å². The number of hydrogen-bond acceptors (Lipinski definition) is 4. The Morgan fingerprint density at radius 3 is 2.79 bits per heavy atom. The van der Waals surface area contributed by atoms with Crippen LogP contribution >= 0.6 is 0 Å². The summed E-state index contributed by atoms with van der Waals surface area (Å²) in [4.78, 5) is 6.36. The topological polar surface area (TPSA) is 51.4 Å².